The van der Waals surface area contributed by atoms with Crippen molar-refractivity contribution < 1.29 is 41.7 Å². The standard InChI is InChI=1S/C12H14N6O9S2/c1-26-11(22)8-7(10(21)18(8)29(23,24)25)16-9(20)6(17-27-2-5(13)19)4-3-28-12(14)15-4/h3,7-8H,2H2,1H3,(H2,13,19)(H2,14,15)(H,16,20)(H,23,24,25)/t7-,8-/m1/s1. The van der Waals surface area contributed by atoms with Gasteiger partial charge >= 0.3 is 16.3 Å². The smallest absolute Gasteiger partial charge is 0.363 e. The molecule has 1 fully saturated rings. The molecule has 1 aliphatic rings. The summed E-state index contributed by atoms with van der Waals surface area (Å²) in [6.07, 6.45) is 0. The number of oxime groups is 1. The molecule has 2 rings (SSSR count). The summed E-state index contributed by atoms with van der Waals surface area (Å²) in [5, 5.41) is 6.86. The number of hydrogen-bond acceptors (Lipinski definition) is 12. The third kappa shape index (κ3) is 4.76. The number of nitrogens with zero attached hydrogens (tertiary/aromatic N) is 3. The average molecular weight is 450 g/mol. The Morgan fingerprint density at radius 1 is 1.45 bits per heavy atom. The van der Waals surface area contributed by atoms with Crippen molar-refractivity contribution >= 4 is 56.2 Å². The molecule has 17 heteroatoms. The molecule has 3 amide bonds. The lowest BCUT2D eigenvalue weighted by molar-refractivity contribution is -0.162. The fraction of sp³-hybridized carbons (Fsp3) is 0.333. The number of primary amides is 1. The minimum Gasteiger partial charge on any atom is -0.467 e. The van der Waals surface area contributed by atoms with Gasteiger partial charge in [0.1, 0.15) is 11.7 Å². The Bertz CT molecular complexity index is 988. The molecule has 1 aliphatic heterocycles. The number of nitrogens with two attached hydrogens (primary N) is 2. The molecule has 0 unspecified atom stereocenters. The Kier molecular flexibility index (Phi) is 6.34. The number of rotatable bonds is 8. The summed E-state index contributed by atoms with van der Waals surface area (Å²) >= 11 is 0.939. The van der Waals surface area contributed by atoms with Crippen molar-refractivity contribution in [1.82, 2.24) is 14.6 Å². The second-order valence-corrected chi connectivity index (χ2v) is 7.46. The van der Waals surface area contributed by atoms with Gasteiger partial charge in [-0.3, -0.25) is 18.9 Å². The van der Waals surface area contributed by atoms with Gasteiger partial charge in [-0.05, 0) is 0 Å². The molecule has 6 N–H and O–H groups in total. The quantitative estimate of drug-likeness (QED) is 0.100. The minimum absolute atomic E-state index is 0.0557. The largest absolute Gasteiger partial charge is 0.467 e. The van der Waals surface area contributed by atoms with Crippen LogP contribution in [-0.4, -0.2) is 77.5 Å². The maximum atomic E-state index is 12.5. The summed E-state index contributed by atoms with van der Waals surface area (Å²) in [6, 6.07) is -3.55. The van der Waals surface area contributed by atoms with Gasteiger partial charge in [0.25, 0.3) is 17.7 Å². The maximum absolute atomic E-state index is 12.5. The summed E-state index contributed by atoms with van der Waals surface area (Å²) < 4.78 is 35.9. The predicted molar refractivity (Wildman–Crippen MR) is 94.3 cm³/mol. The molecule has 0 aromatic carbocycles. The zero-order valence-corrected chi connectivity index (χ0v) is 16.1. The SMILES string of the molecule is COC(=O)[C@H]1[C@@H](NC(=O)C(=NOCC(N)=O)c2csc(N)n2)C(=O)N1S(=O)(=O)O. The number of methoxy groups -OCH3 is 1. The fourth-order valence-electron chi connectivity index (χ4n) is 2.18. The van der Waals surface area contributed by atoms with Crippen molar-refractivity contribution in [1.29, 1.82) is 0 Å². The lowest BCUT2D eigenvalue weighted by Crippen LogP contribution is -2.74. The number of β-lactam (4-membered cyclic amide) rings is 1. The van der Waals surface area contributed by atoms with E-state index in [9.17, 15) is 27.6 Å². The van der Waals surface area contributed by atoms with E-state index >= 15 is 0 Å². The van der Waals surface area contributed by atoms with Crippen LogP contribution in [0.1, 0.15) is 5.69 Å². The van der Waals surface area contributed by atoms with E-state index in [1.54, 1.807) is 0 Å². The predicted octanol–water partition coefficient (Wildman–Crippen LogP) is -3.40. The van der Waals surface area contributed by atoms with Crippen molar-refractivity contribution in [3.8, 4) is 0 Å². The van der Waals surface area contributed by atoms with E-state index in [2.05, 4.69) is 25.0 Å². The number of anilines is 1. The summed E-state index contributed by atoms with van der Waals surface area (Å²) in [6.45, 7) is -0.680. The summed E-state index contributed by atoms with van der Waals surface area (Å²) in [7, 11) is -4.17. The summed E-state index contributed by atoms with van der Waals surface area (Å²) in [4.78, 5) is 55.6. The Balaban J connectivity index is 2.28. The van der Waals surface area contributed by atoms with E-state index < -0.39 is 58.4 Å². The molecule has 2 heterocycles. The normalized spacial score (nSPS) is 19.3. The molecule has 0 radical (unpaired) electrons. The van der Waals surface area contributed by atoms with Crippen LogP contribution < -0.4 is 16.8 Å². The van der Waals surface area contributed by atoms with Crippen LogP contribution in [0.2, 0.25) is 0 Å². The van der Waals surface area contributed by atoms with Crippen LogP contribution in [0, 0.1) is 0 Å². The Hall–Kier alpha value is -3.31. The number of nitrogen functional groups attached to an aromatic ring is 1. The van der Waals surface area contributed by atoms with Gasteiger partial charge in [0.2, 0.25) is 0 Å². The number of amides is 3. The van der Waals surface area contributed by atoms with Gasteiger partial charge in [-0.25, -0.2) is 9.78 Å². The van der Waals surface area contributed by atoms with Crippen LogP contribution in [0.5, 0.6) is 0 Å². The van der Waals surface area contributed by atoms with Gasteiger partial charge in [-0.2, -0.15) is 12.7 Å². The highest BCUT2D eigenvalue weighted by Crippen LogP contribution is 2.25. The molecule has 1 aromatic heterocycles. The van der Waals surface area contributed by atoms with Crippen molar-refractivity contribution in [3.05, 3.63) is 11.1 Å². The van der Waals surface area contributed by atoms with Crippen molar-refractivity contribution in [2.24, 2.45) is 10.9 Å². The molecule has 2 atom stereocenters. The molecule has 1 saturated heterocycles. The lowest BCUT2D eigenvalue weighted by Gasteiger charge is -2.41. The number of ether oxygens (including phenoxy) is 1. The molecular formula is C12H14N6O9S2. The van der Waals surface area contributed by atoms with Crippen LogP contribution in [-0.2, 0) is 39.1 Å². The highest BCUT2D eigenvalue weighted by Gasteiger charge is 2.58. The van der Waals surface area contributed by atoms with Crippen LogP contribution >= 0.6 is 11.3 Å². The number of carbonyl (C=O) groups is 4. The van der Waals surface area contributed by atoms with Crippen molar-refractivity contribution in [2.75, 3.05) is 19.5 Å². The topological polar surface area (TPSA) is 234 Å². The zero-order chi connectivity index (χ0) is 21.9. The van der Waals surface area contributed by atoms with E-state index in [0.29, 0.717) is 0 Å². The van der Waals surface area contributed by atoms with Crippen LogP contribution in [0.3, 0.4) is 0 Å². The Morgan fingerprint density at radius 3 is 2.59 bits per heavy atom. The van der Waals surface area contributed by atoms with Crippen LogP contribution in [0.4, 0.5) is 5.13 Å². The molecule has 1 aromatic rings. The maximum Gasteiger partial charge on any atom is 0.363 e. The summed E-state index contributed by atoms with van der Waals surface area (Å²) in [5.74, 6) is -4.53. The van der Waals surface area contributed by atoms with E-state index in [4.69, 9.17) is 16.0 Å². The molecule has 29 heavy (non-hydrogen) atoms. The number of thiazole rings is 1. The van der Waals surface area contributed by atoms with Gasteiger partial charge in [-0.15, -0.1) is 11.3 Å². The molecule has 0 bridgehead atoms. The Labute approximate surface area is 166 Å². The average Bonchev–Trinajstić information content (AvgIpc) is 3.04. The molecule has 15 nitrogen and oxygen atoms in total. The molecule has 158 valence electrons. The molecule has 0 aliphatic carbocycles. The van der Waals surface area contributed by atoms with Crippen molar-refractivity contribution in [3.63, 3.8) is 0 Å². The van der Waals surface area contributed by atoms with Crippen LogP contribution in [0.15, 0.2) is 10.5 Å². The number of nitrogens with one attached hydrogen (secondary N) is 1. The van der Waals surface area contributed by atoms with Gasteiger partial charge in [0.15, 0.2) is 23.5 Å². The second kappa shape index (κ2) is 8.37. The first-order valence-corrected chi connectivity index (χ1v) is 9.64. The van der Waals surface area contributed by atoms with Crippen LogP contribution in [0.25, 0.3) is 0 Å². The van der Waals surface area contributed by atoms with Gasteiger partial charge in [-0.1, -0.05) is 5.16 Å². The van der Waals surface area contributed by atoms with Crippen molar-refractivity contribution in [2.45, 2.75) is 12.1 Å². The molecule has 0 saturated carbocycles. The number of carbonyl (C=O) groups excluding carboxylic acids is 4. The molecular weight excluding hydrogens is 436 g/mol. The van der Waals surface area contributed by atoms with E-state index in [1.165, 1.54) is 5.38 Å². The highest BCUT2D eigenvalue weighted by molar-refractivity contribution is 7.84. The first-order chi connectivity index (χ1) is 13.5. The first kappa shape index (κ1) is 22.0. The second-order valence-electron chi connectivity index (χ2n) is 5.28. The minimum atomic E-state index is -5.08. The fourth-order valence-corrected chi connectivity index (χ4v) is 3.57. The number of hydrogen-bond donors (Lipinski definition) is 4. The molecule has 0 spiro atoms. The third-order valence-corrected chi connectivity index (χ3v) is 4.95. The monoisotopic (exact) mass is 450 g/mol. The zero-order valence-electron chi connectivity index (χ0n) is 14.5. The van der Waals surface area contributed by atoms with E-state index in [1.807, 2.05) is 0 Å². The number of esters is 1. The van der Waals surface area contributed by atoms with Gasteiger partial charge in [0.05, 0.1) is 7.11 Å². The summed E-state index contributed by atoms with van der Waals surface area (Å²) in [5.41, 5.74) is 9.75. The lowest BCUT2D eigenvalue weighted by atomic mass is 9.98. The third-order valence-electron chi connectivity index (χ3n) is 3.37. The first-order valence-electron chi connectivity index (χ1n) is 7.36. The van der Waals surface area contributed by atoms with Gasteiger partial charge in [0, 0.05) is 5.38 Å². The highest BCUT2D eigenvalue weighted by atomic mass is 32.2. The van der Waals surface area contributed by atoms with E-state index in [0.717, 1.165) is 18.4 Å². The number of aromatic nitrogens is 1. The van der Waals surface area contributed by atoms with Gasteiger partial charge < -0.3 is 26.4 Å². The Morgan fingerprint density at radius 2 is 2.10 bits per heavy atom. The van der Waals surface area contributed by atoms with E-state index in [-0.39, 0.29) is 15.1 Å².